The zero-order valence-corrected chi connectivity index (χ0v) is 15.5. The second kappa shape index (κ2) is 9.06. The third-order valence-corrected chi connectivity index (χ3v) is 3.80. The molecule has 0 aliphatic rings. The van der Waals surface area contributed by atoms with Crippen molar-refractivity contribution in [1.29, 1.82) is 0 Å². The normalized spacial score (nSPS) is 11.7. The van der Waals surface area contributed by atoms with Gasteiger partial charge in [-0.2, -0.15) is 0 Å². The van der Waals surface area contributed by atoms with Crippen LogP contribution in [0.1, 0.15) is 36.2 Å². The van der Waals surface area contributed by atoms with Crippen molar-refractivity contribution in [2.75, 3.05) is 25.5 Å². The number of carbonyl (C=O) groups excluding carboxylic acids is 1. The predicted octanol–water partition coefficient (Wildman–Crippen LogP) is 3.75. The highest BCUT2D eigenvalue weighted by Crippen LogP contribution is 2.19. The van der Waals surface area contributed by atoms with Gasteiger partial charge in [-0.25, -0.2) is 0 Å². The van der Waals surface area contributed by atoms with Gasteiger partial charge in [-0.1, -0.05) is 6.92 Å². The molecule has 2 aromatic rings. The molecule has 0 bridgehead atoms. The summed E-state index contributed by atoms with van der Waals surface area (Å²) in [5, 5.41) is 3.36. The van der Waals surface area contributed by atoms with Gasteiger partial charge in [-0.05, 0) is 56.2 Å². The number of nitrogens with one attached hydrogen (secondary N) is 1. The number of nitrogens with zero attached hydrogens (tertiary/aromatic N) is 2. The number of ether oxygens (including phenoxy) is 1. The van der Waals surface area contributed by atoms with E-state index in [-0.39, 0.29) is 11.9 Å². The van der Waals surface area contributed by atoms with Gasteiger partial charge in [0.05, 0.1) is 6.04 Å². The van der Waals surface area contributed by atoms with Crippen LogP contribution in [0, 0.1) is 6.92 Å². The van der Waals surface area contributed by atoms with E-state index in [0.717, 1.165) is 30.0 Å². The summed E-state index contributed by atoms with van der Waals surface area (Å²) in [6.45, 7) is 7.34. The number of hydrogen-bond donors (Lipinski definition) is 1. The minimum Gasteiger partial charge on any atom is -0.491 e. The van der Waals surface area contributed by atoms with Crippen LogP contribution in [0.25, 0.3) is 0 Å². The zero-order valence-electron chi connectivity index (χ0n) is 15.5. The van der Waals surface area contributed by atoms with Crippen molar-refractivity contribution in [2.24, 2.45) is 0 Å². The first-order valence-electron chi connectivity index (χ1n) is 8.66. The first-order chi connectivity index (χ1) is 12.0. The summed E-state index contributed by atoms with van der Waals surface area (Å²) in [7, 11) is 1.83. The molecule has 0 saturated heterocycles. The Balaban J connectivity index is 1.98. The van der Waals surface area contributed by atoms with Crippen LogP contribution in [0.3, 0.4) is 0 Å². The van der Waals surface area contributed by atoms with E-state index in [1.165, 1.54) is 0 Å². The van der Waals surface area contributed by atoms with Crippen molar-refractivity contribution in [1.82, 2.24) is 9.88 Å². The van der Waals surface area contributed by atoms with Crippen LogP contribution in [0.15, 0.2) is 42.7 Å². The molecule has 1 aromatic heterocycles. The lowest BCUT2D eigenvalue weighted by atomic mass is 10.1. The molecule has 25 heavy (non-hydrogen) atoms. The molecule has 1 heterocycles. The Morgan fingerprint density at radius 3 is 2.68 bits per heavy atom. The van der Waals surface area contributed by atoms with E-state index in [4.69, 9.17) is 4.74 Å². The van der Waals surface area contributed by atoms with E-state index in [9.17, 15) is 4.79 Å². The maximum absolute atomic E-state index is 12.5. The number of aromatic nitrogens is 1. The van der Waals surface area contributed by atoms with E-state index in [0.29, 0.717) is 12.2 Å². The Morgan fingerprint density at radius 2 is 2.00 bits per heavy atom. The molecular weight excluding hydrogens is 314 g/mol. The first-order valence-corrected chi connectivity index (χ1v) is 8.66. The zero-order chi connectivity index (χ0) is 18.2. The van der Waals surface area contributed by atoms with Gasteiger partial charge >= 0.3 is 0 Å². The summed E-state index contributed by atoms with van der Waals surface area (Å²) in [5.41, 5.74) is 2.69. The third kappa shape index (κ3) is 5.78. The Morgan fingerprint density at radius 1 is 1.28 bits per heavy atom. The fraction of sp³-hybridized carbons (Fsp3) is 0.400. The molecule has 0 fully saturated rings. The molecular formula is C20H27N3O2. The number of pyridine rings is 1. The fourth-order valence-electron chi connectivity index (χ4n) is 2.61. The molecule has 1 amide bonds. The molecule has 0 radical (unpaired) electrons. The second-order valence-electron chi connectivity index (χ2n) is 6.35. The van der Waals surface area contributed by atoms with Crippen molar-refractivity contribution in [3.8, 4) is 5.75 Å². The number of hydrogen-bond acceptors (Lipinski definition) is 4. The number of rotatable bonds is 8. The van der Waals surface area contributed by atoms with E-state index in [2.05, 4.69) is 24.1 Å². The summed E-state index contributed by atoms with van der Waals surface area (Å²) in [6.07, 6.45) is 4.44. The maximum Gasteiger partial charge on any atom is 0.253 e. The van der Waals surface area contributed by atoms with Crippen LogP contribution in [0.2, 0.25) is 0 Å². The molecule has 1 atom stereocenters. The Hall–Kier alpha value is -2.56. The minimum absolute atomic E-state index is 0.0263. The van der Waals surface area contributed by atoms with Crippen LogP contribution in [0.5, 0.6) is 5.75 Å². The molecule has 0 aliphatic heterocycles. The minimum atomic E-state index is 0.0263. The van der Waals surface area contributed by atoms with Crippen molar-refractivity contribution in [3.63, 3.8) is 0 Å². The molecule has 134 valence electrons. The maximum atomic E-state index is 12.5. The van der Waals surface area contributed by atoms with Gasteiger partial charge in [-0.15, -0.1) is 0 Å². The van der Waals surface area contributed by atoms with Crippen molar-refractivity contribution in [2.45, 2.75) is 33.2 Å². The molecule has 0 spiro atoms. The number of amides is 1. The summed E-state index contributed by atoms with van der Waals surface area (Å²) >= 11 is 0. The largest absolute Gasteiger partial charge is 0.491 e. The highest BCUT2D eigenvalue weighted by molar-refractivity contribution is 5.94. The summed E-state index contributed by atoms with van der Waals surface area (Å²) in [5.74, 6) is 0.745. The first kappa shape index (κ1) is 18.8. The Bertz CT molecular complexity index is 689. The second-order valence-corrected chi connectivity index (χ2v) is 6.35. The summed E-state index contributed by atoms with van der Waals surface area (Å²) in [6, 6.07) is 9.65. The molecule has 0 aliphatic carbocycles. The smallest absolute Gasteiger partial charge is 0.253 e. The topological polar surface area (TPSA) is 54.5 Å². The monoisotopic (exact) mass is 341 g/mol. The highest BCUT2D eigenvalue weighted by Gasteiger charge is 2.13. The lowest BCUT2D eigenvalue weighted by molar-refractivity contribution is 0.0794. The van der Waals surface area contributed by atoms with Crippen molar-refractivity contribution in [3.05, 3.63) is 53.9 Å². The van der Waals surface area contributed by atoms with Gasteiger partial charge in [0.25, 0.3) is 5.91 Å². The number of benzene rings is 1. The molecule has 1 aromatic carbocycles. The summed E-state index contributed by atoms with van der Waals surface area (Å²) in [4.78, 5) is 18.2. The molecule has 0 unspecified atom stereocenters. The lowest BCUT2D eigenvalue weighted by Crippen LogP contribution is -2.27. The number of anilines is 1. The molecule has 5 nitrogen and oxygen atoms in total. The Kier molecular flexibility index (Phi) is 6.81. The van der Waals surface area contributed by atoms with Crippen LogP contribution >= 0.6 is 0 Å². The van der Waals surface area contributed by atoms with Gasteiger partial charge in [0.15, 0.2) is 0 Å². The fourth-order valence-corrected chi connectivity index (χ4v) is 2.61. The molecule has 0 saturated carbocycles. The third-order valence-electron chi connectivity index (χ3n) is 3.80. The van der Waals surface area contributed by atoms with E-state index < -0.39 is 0 Å². The van der Waals surface area contributed by atoms with Crippen LogP contribution < -0.4 is 10.1 Å². The van der Waals surface area contributed by atoms with E-state index in [1.807, 2.05) is 44.3 Å². The van der Waals surface area contributed by atoms with Crippen LogP contribution in [0.4, 0.5) is 5.69 Å². The average molecular weight is 341 g/mol. The number of carbonyl (C=O) groups is 1. The highest BCUT2D eigenvalue weighted by atomic mass is 16.5. The van der Waals surface area contributed by atoms with E-state index >= 15 is 0 Å². The van der Waals surface area contributed by atoms with Gasteiger partial charge in [-0.3, -0.25) is 9.78 Å². The summed E-state index contributed by atoms with van der Waals surface area (Å²) < 4.78 is 5.90. The molecule has 5 heteroatoms. The van der Waals surface area contributed by atoms with Crippen molar-refractivity contribution >= 4 is 11.6 Å². The van der Waals surface area contributed by atoms with Gasteiger partial charge in [0.1, 0.15) is 12.4 Å². The number of aryl methyl sites for hydroxylation is 1. The lowest BCUT2D eigenvalue weighted by Gasteiger charge is -2.19. The van der Waals surface area contributed by atoms with Crippen LogP contribution in [-0.4, -0.2) is 42.0 Å². The van der Waals surface area contributed by atoms with Gasteiger partial charge in [0, 0.05) is 37.2 Å². The average Bonchev–Trinajstić information content (AvgIpc) is 2.60. The van der Waals surface area contributed by atoms with Crippen molar-refractivity contribution < 1.29 is 9.53 Å². The molecule has 1 N–H and O–H groups in total. The molecule has 2 rings (SSSR count). The van der Waals surface area contributed by atoms with Crippen LogP contribution in [-0.2, 0) is 0 Å². The van der Waals surface area contributed by atoms with Gasteiger partial charge in [0.2, 0.25) is 0 Å². The standard InChI is InChI=1S/C20H27N3O2/c1-5-10-23(4)20(24)17-11-15(2)12-19(13-17)25-14-16(3)22-18-6-8-21-9-7-18/h6-9,11-13,16H,5,10,14H2,1-4H3,(H,21,22)/t16-/m0/s1. The quantitative estimate of drug-likeness (QED) is 0.794. The SMILES string of the molecule is CCCN(C)C(=O)c1cc(C)cc(OC[C@H](C)Nc2ccncc2)c1. The van der Waals surface area contributed by atoms with E-state index in [1.54, 1.807) is 17.3 Å². The van der Waals surface area contributed by atoms with Gasteiger partial charge < -0.3 is 15.0 Å². The predicted molar refractivity (Wildman–Crippen MR) is 101 cm³/mol. The Labute approximate surface area is 150 Å².